The maximum atomic E-state index is 13.9. The number of halogens is 5. The molecule has 2 heterocycles. The molecule has 3 rings (SSSR count). The fourth-order valence-corrected chi connectivity index (χ4v) is 2.91. The zero-order chi connectivity index (χ0) is 23.6. The van der Waals surface area contributed by atoms with Crippen molar-refractivity contribution in [2.24, 2.45) is 0 Å². The first-order valence-corrected chi connectivity index (χ1v) is 9.43. The molecule has 1 aromatic carbocycles. The van der Waals surface area contributed by atoms with Crippen LogP contribution in [-0.2, 0) is 6.18 Å². The SMILES string of the molecule is C[C@@H](CO)NC(=O)c1cc(-c2ccc(C(F)(F)F)nc2)nn(-c2cc(F)cc(Cl)c2)c1=O. The Hall–Kier alpha value is -3.31. The number of aliphatic hydroxyl groups is 1. The molecule has 7 nitrogen and oxygen atoms in total. The quantitative estimate of drug-likeness (QED) is 0.558. The van der Waals surface area contributed by atoms with Crippen molar-refractivity contribution in [1.29, 1.82) is 0 Å². The third-order valence-electron chi connectivity index (χ3n) is 4.25. The van der Waals surface area contributed by atoms with E-state index in [1.807, 2.05) is 0 Å². The normalized spacial score (nSPS) is 12.5. The molecule has 0 radical (unpaired) electrons. The van der Waals surface area contributed by atoms with Crippen molar-refractivity contribution in [3.8, 4) is 16.9 Å². The van der Waals surface area contributed by atoms with Crippen LogP contribution in [0.4, 0.5) is 17.6 Å². The Morgan fingerprint density at radius 1 is 1.25 bits per heavy atom. The molecule has 168 valence electrons. The standard InChI is InChI=1S/C20H15ClF4N4O3/c1-10(9-30)27-18(31)15-7-16(11-2-3-17(26-8-11)20(23,24)25)28-29(19(15)32)14-5-12(21)4-13(22)6-14/h2-8,10,30H,9H2,1H3,(H,27,31)/t10-/m0/s1. The van der Waals surface area contributed by atoms with E-state index >= 15 is 0 Å². The summed E-state index contributed by atoms with van der Waals surface area (Å²) in [6.45, 7) is 1.09. The van der Waals surface area contributed by atoms with E-state index in [1.165, 1.54) is 13.0 Å². The van der Waals surface area contributed by atoms with Crippen molar-refractivity contribution in [2.45, 2.75) is 19.1 Å². The Labute approximate surface area is 183 Å². The Balaban J connectivity index is 2.20. The molecule has 0 aliphatic carbocycles. The number of benzene rings is 1. The monoisotopic (exact) mass is 470 g/mol. The van der Waals surface area contributed by atoms with Crippen LogP contribution in [0.2, 0.25) is 5.02 Å². The molecule has 1 atom stereocenters. The van der Waals surface area contributed by atoms with Gasteiger partial charge in [0.2, 0.25) is 0 Å². The van der Waals surface area contributed by atoms with E-state index in [0.717, 1.165) is 36.5 Å². The first-order chi connectivity index (χ1) is 15.0. The number of alkyl halides is 3. The lowest BCUT2D eigenvalue weighted by molar-refractivity contribution is -0.141. The first-order valence-electron chi connectivity index (χ1n) is 9.06. The van der Waals surface area contributed by atoms with Crippen molar-refractivity contribution in [3.63, 3.8) is 0 Å². The molecule has 1 amide bonds. The number of carbonyl (C=O) groups excluding carboxylic acids is 1. The average Bonchev–Trinajstić information content (AvgIpc) is 2.72. The highest BCUT2D eigenvalue weighted by molar-refractivity contribution is 6.30. The van der Waals surface area contributed by atoms with Gasteiger partial charge < -0.3 is 10.4 Å². The van der Waals surface area contributed by atoms with E-state index in [9.17, 15) is 27.2 Å². The Morgan fingerprint density at radius 2 is 1.97 bits per heavy atom. The lowest BCUT2D eigenvalue weighted by atomic mass is 10.1. The van der Waals surface area contributed by atoms with E-state index in [0.29, 0.717) is 4.68 Å². The third-order valence-corrected chi connectivity index (χ3v) is 4.47. The molecule has 0 saturated heterocycles. The van der Waals surface area contributed by atoms with Gasteiger partial charge in [0, 0.05) is 22.8 Å². The van der Waals surface area contributed by atoms with Gasteiger partial charge in [-0.15, -0.1) is 0 Å². The fraction of sp³-hybridized carbons (Fsp3) is 0.200. The molecule has 2 aromatic heterocycles. The summed E-state index contributed by atoms with van der Waals surface area (Å²) in [5.74, 6) is -1.64. The summed E-state index contributed by atoms with van der Waals surface area (Å²) in [7, 11) is 0. The summed E-state index contributed by atoms with van der Waals surface area (Å²) in [6.07, 6.45) is -3.77. The molecule has 0 unspecified atom stereocenters. The molecular formula is C20H15ClF4N4O3. The molecule has 2 N–H and O–H groups in total. The second kappa shape index (κ2) is 9.05. The largest absolute Gasteiger partial charge is 0.433 e. The summed E-state index contributed by atoms with van der Waals surface area (Å²) in [6, 6.07) is 5.35. The van der Waals surface area contributed by atoms with Crippen molar-refractivity contribution < 1.29 is 27.5 Å². The van der Waals surface area contributed by atoms with Crippen LogP contribution in [0.5, 0.6) is 0 Å². The highest BCUT2D eigenvalue weighted by Crippen LogP contribution is 2.28. The second-order valence-electron chi connectivity index (χ2n) is 6.77. The van der Waals surface area contributed by atoms with Crippen LogP contribution in [-0.4, -0.2) is 38.4 Å². The molecule has 0 bridgehead atoms. The first kappa shape index (κ1) is 23.4. The lowest BCUT2D eigenvalue weighted by Gasteiger charge is -2.14. The van der Waals surface area contributed by atoms with Gasteiger partial charge in [-0.3, -0.25) is 14.6 Å². The van der Waals surface area contributed by atoms with Crippen molar-refractivity contribution in [3.05, 3.63) is 75.0 Å². The van der Waals surface area contributed by atoms with E-state index in [4.69, 9.17) is 16.7 Å². The van der Waals surface area contributed by atoms with Gasteiger partial charge in [0.1, 0.15) is 17.1 Å². The van der Waals surface area contributed by atoms with Crippen LogP contribution in [0.1, 0.15) is 23.0 Å². The molecule has 32 heavy (non-hydrogen) atoms. The predicted molar refractivity (Wildman–Crippen MR) is 107 cm³/mol. The van der Waals surface area contributed by atoms with Crippen molar-refractivity contribution in [2.75, 3.05) is 6.61 Å². The summed E-state index contributed by atoms with van der Waals surface area (Å²) in [5.41, 5.74) is -2.62. The second-order valence-corrected chi connectivity index (χ2v) is 7.21. The van der Waals surface area contributed by atoms with E-state index in [2.05, 4.69) is 15.4 Å². The maximum Gasteiger partial charge on any atom is 0.433 e. The zero-order valence-corrected chi connectivity index (χ0v) is 17.1. The van der Waals surface area contributed by atoms with Gasteiger partial charge in [-0.1, -0.05) is 11.6 Å². The molecule has 3 aromatic rings. The molecule has 0 fully saturated rings. The number of aliphatic hydroxyl groups excluding tert-OH is 1. The van der Waals surface area contributed by atoms with Crippen LogP contribution in [0.15, 0.2) is 47.4 Å². The van der Waals surface area contributed by atoms with Crippen LogP contribution >= 0.6 is 11.6 Å². The summed E-state index contributed by atoms with van der Waals surface area (Å²) < 4.78 is 53.0. The van der Waals surface area contributed by atoms with Gasteiger partial charge in [0.15, 0.2) is 0 Å². The molecule has 0 saturated carbocycles. The summed E-state index contributed by atoms with van der Waals surface area (Å²) >= 11 is 5.85. The highest BCUT2D eigenvalue weighted by atomic mass is 35.5. The van der Waals surface area contributed by atoms with Gasteiger partial charge in [0.25, 0.3) is 11.5 Å². The Bertz CT molecular complexity index is 1190. The number of nitrogens with zero attached hydrogens (tertiary/aromatic N) is 3. The molecule has 0 spiro atoms. The zero-order valence-electron chi connectivity index (χ0n) is 16.3. The van der Waals surface area contributed by atoms with Crippen LogP contribution < -0.4 is 10.9 Å². The van der Waals surface area contributed by atoms with Gasteiger partial charge in [0.05, 0.1) is 18.0 Å². The van der Waals surface area contributed by atoms with Crippen molar-refractivity contribution >= 4 is 17.5 Å². The molecule has 0 aliphatic heterocycles. The van der Waals surface area contributed by atoms with Gasteiger partial charge in [-0.2, -0.15) is 23.0 Å². The molecular weight excluding hydrogens is 456 g/mol. The van der Waals surface area contributed by atoms with Crippen LogP contribution in [0, 0.1) is 5.82 Å². The fourth-order valence-electron chi connectivity index (χ4n) is 2.70. The number of aromatic nitrogens is 3. The lowest BCUT2D eigenvalue weighted by Crippen LogP contribution is -2.39. The van der Waals surface area contributed by atoms with E-state index in [1.54, 1.807) is 0 Å². The van der Waals surface area contributed by atoms with Gasteiger partial charge >= 0.3 is 6.18 Å². The van der Waals surface area contributed by atoms with E-state index in [-0.39, 0.29) is 22.0 Å². The summed E-state index contributed by atoms with van der Waals surface area (Å²) in [4.78, 5) is 28.9. The van der Waals surface area contributed by atoms with Crippen LogP contribution in [0.3, 0.4) is 0 Å². The minimum atomic E-state index is -4.66. The number of pyridine rings is 1. The molecule has 12 heteroatoms. The van der Waals surface area contributed by atoms with Gasteiger partial charge in [-0.25, -0.2) is 4.39 Å². The number of hydrogen-bond acceptors (Lipinski definition) is 5. The smallest absolute Gasteiger partial charge is 0.394 e. The minimum absolute atomic E-state index is 0.0461. The number of rotatable bonds is 5. The predicted octanol–water partition coefficient (Wildman–Crippen LogP) is 3.22. The number of nitrogens with one attached hydrogen (secondary N) is 1. The topological polar surface area (TPSA) is 97.1 Å². The average molecular weight is 471 g/mol. The van der Waals surface area contributed by atoms with E-state index < -0.39 is 47.4 Å². The Morgan fingerprint density at radius 3 is 2.53 bits per heavy atom. The minimum Gasteiger partial charge on any atom is -0.394 e. The number of carbonyl (C=O) groups is 1. The number of amides is 1. The number of hydrogen-bond donors (Lipinski definition) is 2. The summed E-state index contributed by atoms with van der Waals surface area (Å²) in [5, 5.41) is 15.6. The van der Waals surface area contributed by atoms with Crippen molar-refractivity contribution in [1.82, 2.24) is 20.1 Å². The van der Waals surface area contributed by atoms with Gasteiger partial charge in [-0.05, 0) is 43.3 Å². The van der Waals surface area contributed by atoms with Crippen LogP contribution in [0.25, 0.3) is 16.9 Å². The maximum absolute atomic E-state index is 13.9. The Kier molecular flexibility index (Phi) is 6.60. The highest BCUT2D eigenvalue weighted by Gasteiger charge is 2.32. The third kappa shape index (κ3) is 5.11. The molecule has 0 aliphatic rings.